The fourth-order valence-corrected chi connectivity index (χ4v) is 3.97. The van der Waals surface area contributed by atoms with Crippen molar-refractivity contribution in [2.24, 2.45) is 0 Å². The maximum Gasteiger partial charge on any atom is 0.254 e. The predicted molar refractivity (Wildman–Crippen MR) is 101 cm³/mol. The molecule has 2 aliphatic rings. The lowest BCUT2D eigenvalue weighted by Gasteiger charge is -2.35. The largest absolute Gasteiger partial charge is 0.335 e. The van der Waals surface area contributed by atoms with Crippen molar-refractivity contribution in [3.8, 4) is 0 Å². The molecule has 0 saturated carbocycles. The van der Waals surface area contributed by atoms with Crippen molar-refractivity contribution in [2.45, 2.75) is 25.7 Å². The molecule has 6 heteroatoms. The van der Waals surface area contributed by atoms with Crippen LogP contribution in [0.25, 0.3) is 0 Å². The monoisotopic (exact) mass is 384 g/mol. The highest BCUT2D eigenvalue weighted by Gasteiger charge is 2.26. The molecule has 1 fully saturated rings. The second kappa shape index (κ2) is 7.70. The maximum atomic E-state index is 13.4. The highest BCUT2D eigenvalue weighted by Crippen LogP contribution is 2.23. The van der Waals surface area contributed by atoms with Gasteiger partial charge in [-0.05, 0) is 67.1 Å². The van der Waals surface area contributed by atoms with Gasteiger partial charge < -0.3 is 9.80 Å². The van der Waals surface area contributed by atoms with Gasteiger partial charge in [-0.1, -0.05) is 6.07 Å². The highest BCUT2D eigenvalue weighted by atomic mass is 19.2. The van der Waals surface area contributed by atoms with Crippen LogP contribution in [0.15, 0.2) is 36.4 Å². The van der Waals surface area contributed by atoms with Crippen molar-refractivity contribution in [1.29, 1.82) is 0 Å². The molecule has 0 radical (unpaired) electrons. The first-order valence-corrected chi connectivity index (χ1v) is 9.68. The molecule has 1 heterocycles. The molecule has 1 saturated heterocycles. The highest BCUT2D eigenvalue weighted by molar-refractivity contribution is 5.96. The van der Waals surface area contributed by atoms with Crippen LogP contribution in [0.3, 0.4) is 0 Å². The van der Waals surface area contributed by atoms with E-state index in [1.54, 1.807) is 9.80 Å². The zero-order valence-electron chi connectivity index (χ0n) is 15.6. The molecule has 146 valence electrons. The molecule has 1 aliphatic carbocycles. The van der Waals surface area contributed by atoms with Crippen LogP contribution in [0.4, 0.5) is 8.78 Å². The van der Waals surface area contributed by atoms with Gasteiger partial charge in [0.25, 0.3) is 11.8 Å². The Morgan fingerprint density at radius 3 is 1.82 bits per heavy atom. The lowest BCUT2D eigenvalue weighted by molar-refractivity contribution is 0.0535. The molecule has 0 aromatic heterocycles. The third-order valence-corrected chi connectivity index (χ3v) is 5.62. The van der Waals surface area contributed by atoms with Gasteiger partial charge in [-0.25, -0.2) is 8.78 Å². The van der Waals surface area contributed by atoms with E-state index in [-0.39, 0.29) is 17.4 Å². The Bertz CT molecular complexity index is 921. The van der Waals surface area contributed by atoms with Gasteiger partial charge in [-0.2, -0.15) is 0 Å². The van der Waals surface area contributed by atoms with Crippen molar-refractivity contribution in [1.82, 2.24) is 9.80 Å². The summed E-state index contributed by atoms with van der Waals surface area (Å²) in [4.78, 5) is 28.7. The average molecular weight is 384 g/mol. The minimum absolute atomic E-state index is 0.0201. The summed E-state index contributed by atoms with van der Waals surface area (Å²) in [5.41, 5.74) is 3.42. The first-order valence-electron chi connectivity index (χ1n) is 9.68. The summed E-state index contributed by atoms with van der Waals surface area (Å²) in [5, 5.41) is 0. The van der Waals surface area contributed by atoms with Gasteiger partial charge in [0.2, 0.25) is 0 Å². The summed E-state index contributed by atoms with van der Waals surface area (Å²) in [7, 11) is 0. The minimum atomic E-state index is -1.04. The van der Waals surface area contributed by atoms with Crippen molar-refractivity contribution < 1.29 is 18.4 Å². The summed E-state index contributed by atoms with van der Waals surface area (Å²) in [5.74, 6) is -2.38. The summed E-state index contributed by atoms with van der Waals surface area (Å²) in [6.07, 6.45) is 4.46. The van der Waals surface area contributed by atoms with Crippen LogP contribution in [-0.2, 0) is 12.8 Å². The van der Waals surface area contributed by atoms with Crippen LogP contribution in [-0.4, -0.2) is 47.8 Å². The van der Waals surface area contributed by atoms with Gasteiger partial charge in [0.1, 0.15) is 0 Å². The number of nitrogens with zero attached hydrogens (tertiary/aromatic N) is 2. The fourth-order valence-electron chi connectivity index (χ4n) is 3.97. The van der Waals surface area contributed by atoms with Crippen LogP contribution in [0.2, 0.25) is 0 Å². The van der Waals surface area contributed by atoms with E-state index in [9.17, 15) is 18.4 Å². The fraction of sp³-hybridized carbons (Fsp3) is 0.364. The second-order valence-corrected chi connectivity index (χ2v) is 7.40. The Hall–Kier alpha value is -2.76. The number of rotatable bonds is 2. The number of carbonyl (C=O) groups excluding carboxylic acids is 2. The zero-order chi connectivity index (χ0) is 19.7. The zero-order valence-corrected chi connectivity index (χ0v) is 15.6. The molecule has 4 rings (SSSR count). The van der Waals surface area contributed by atoms with Crippen LogP contribution >= 0.6 is 0 Å². The molecule has 4 nitrogen and oxygen atoms in total. The quantitative estimate of drug-likeness (QED) is 0.796. The number of amides is 2. The number of aryl methyl sites for hydroxylation is 2. The molecule has 2 aromatic carbocycles. The minimum Gasteiger partial charge on any atom is -0.335 e. The SMILES string of the molecule is O=C(c1ccc(F)c(F)c1)N1CCN(C(=O)c2ccc3c(c2)CCCC3)CC1. The van der Waals surface area contributed by atoms with Crippen molar-refractivity contribution in [2.75, 3.05) is 26.2 Å². The number of carbonyl (C=O) groups is 2. The van der Waals surface area contributed by atoms with E-state index in [1.807, 2.05) is 12.1 Å². The molecular weight excluding hydrogens is 362 g/mol. The Morgan fingerprint density at radius 1 is 0.679 bits per heavy atom. The third-order valence-electron chi connectivity index (χ3n) is 5.62. The smallest absolute Gasteiger partial charge is 0.254 e. The third kappa shape index (κ3) is 3.63. The van der Waals surface area contributed by atoms with Gasteiger partial charge in [0, 0.05) is 37.3 Å². The Labute approximate surface area is 162 Å². The molecule has 2 aromatic rings. The number of piperazine rings is 1. The number of halogens is 2. The normalized spacial score (nSPS) is 16.6. The Morgan fingerprint density at radius 2 is 1.21 bits per heavy atom. The van der Waals surface area contributed by atoms with Gasteiger partial charge in [0.15, 0.2) is 11.6 Å². The number of fused-ring (bicyclic) bond motifs is 1. The van der Waals surface area contributed by atoms with Gasteiger partial charge in [0.05, 0.1) is 0 Å². The van der Waals surface area contributed by atoms with E-state index in [0.717, 1.165) is 31.4 Å². The van der Waals surface area contributed by atoms with Crippen molar-refractivity contribution in [3.63, 3.8) is 0 Å². The summed E-state index contributed by atoms with van der Waals surface area (Å²) < 4.78 is 26.5. The van der Waals surface area contributed by atoms with Gasteiger partial charge >= 0.3 is 0 Å². The molecular formula is C22H22F2N2O2. The van der Waals surface area contributed by atoms with E-state index >= 15 is 0 Å². The second-order valence-electron chi connectivity index (χ2n) is 7.40. The van der Waals surface area contributed by atoms with Gasteiger partial charge in [-0.15, -0.1) is 0 Å². The van der Waals surface area contributed by atoms with E-state index < -0.39 is 11.6 Å². The number of benzene rings is 2. The first-order chi connectivity index (χ1) is 13.5. The molecule has 0 unspecified atom stereocenters. The van der Waals surface area contributed by atoms with E-state index in [0.29, 0.717) is 31.7 Å². The topological polar surface area (TPSA) is 40.6 Å². The van der Waals surface area contributed by atoms with Crippen LogP contribution in [0, 0.1) is 11.6 Å². The van der Waals surface area contributed by atoms with Crippen LogP contribution < -0.4 is 0 Å². The van der Waals surface area contributed by atoms with Crippen molar-refractivity contribution >= 4 is 11.8 Å². The van der Waals surface area contributed by atoms with E-state index in [1.165, 1.54) is 23.6 Å². The standard InChI is InChI=1S/C22H22F2N2O2/c23-19-8-7-18(14-20(19)24)22(28)26-11-9-25(10-12-26)21(27)17-6-5-15-3-1-2-4-16(15)13-17/h5-8,13-14H,1-4,9-12H2. The average Bonchev–Trinajstić information content (AvgIpc) is 2.74. The molecule has 0 N–H and O–H groups in total. The Kier molecular flexibility index (Phi) is 5.11. The van der Waals surface area contributed by atoms with Crippen LogP contribution in [0.1, 0.15) is 44.7 Å². The molecule has 2 amide bonds. The molecule has 28 heavy (non-hydrogen) atoms. The van der Waals surface area contributed by atoms with E-state index in [4.69, 9.17) is 0 Å². The first kappa shape index (κ1) is 18.6. The lowest BCUT2D eigenvalue weighted by Crippen LogP contribution is -2.50. The lowest BCUT2D eigenvalue weighted by atomic mass is 9.90. The molecule has 0 bridgehead atoms. The van der Waals surface area contributed by atoms with Gasteiger partial charge in [-0.3, -0.25) is 9.59 Å². The Balaban J connectivity index is 1.40. The summed E-state index contributed by atoms with van der Waals surface area (Å²) in [6.45, 7) is 1.58. The van der Waals surface area contributed by atoms with E-state index in [2.05, 4.69) is 6.07 Å². The molecule has 0 spiro atoms. The summed E-state index contributed by atoms with van der Waals surface area (Å²) in [6, 6.07) is 9.12. The summed E-state index contributed by atoms with van der Waals surface area (Å²) >= 11 is 0. The number of hydrogen-bond donors (Lipinski definition) is 0. The molecule has 0 atom stereocenters. The maximum absolute atomic E-state index is 13.4. The predicted octanol–water partition coefficient (Wildman–Crippen LogP) is 3.44. The molecule has 1 aliphatic heterocycles. The van der Waals surface area contributed by atoms with Crippen LogP contribution in [0.5, 0.6) is 0 Å². The number of hydrogen-bond acceptors (Lipinski definition) is 2. The van der Waals surface area contributed by atoms with Crippen molar-refractivity contribution in [3.05, 3.63) is 70.3 Å².